The van der Waals surface area contributed by atoms with Gasteiger partial charge in [0, 0.05) is 6.54 Å². The number of aliphatic carboxylic acids is 1. The van der Waals surface area contributed by atoms with Gasteiger partial charge in [0.2, 0.25) is 5.91 Å². The van der Waals surface area contributed by atoms with Crippen molar-refractivity contribution < 1.29 is 14.7 Å². The molecule has 6 nitrogen and oxygen atoms in total. The molecule has 0 fully saturated rings. The van der Waals surface area contributed by atoms with Gasteiger partial charge in [-0.05, 0) is 25.2 Å². The zero-order chi connectivity index (χ0) is 13.4. The summed E-state index contributed by atoms with van der Waals surface area (Å²) in [5.41, 5.74) is 11.0. The lowest BCUT2D eigenvalue weighted by Gasteiger charge is -2.15. The number of hydrogen-bond acceptors (Lipinski definition) is 4. The second kappa shape index (κ2) is 8.03. The van der Waals surface area contributed by atoms with E-state index in [0.29, 0.717) is 25.8 Å². The number of carbonyl (C=O) groups is 2. The highest BCUT2D eigenvalue weighted by atomic mass is 16.4. The zero-order valence-electron chi connectivity index (χ0n) is 10.5. The Labute approximate surface area is 102 Å². The van der Waals surface area contributed by atoms with Crippen LogP contribution in [-0.2, 0) is 9.59 Å². The van der Waals surface area contributed by atoms with Crippen LogP contribution in [0.5, 0.6) is 0 Å². The molecule has 6 heteroatoms. The van der Waals surface area contributed by atoms with Crippen molar-refractivity contribution in [2.45, 2.75) is 45.2 Å². The Kier molecular flexibility index (Phi) is 7.49. The number of amides is 1. The van der Waals surface area contributed by atoms with Gasteiger partial charge in [0.05, 0.1) is 6.04 Å². The highest BCUT2D eigenvalue weighted by Gasteiger charge is 2.16. The molecule has 0 saturated heterocycles. The van der Waals surface area contributed by atoms with Crippen LogP contribution in [0.4, 0.5) is 0 Å². The Morgan fingerprint density at radius 1 is 1.24 bits per heavy atom. The maximum Gasteiger partial charge on any atom is 0.320 e. The summed E-state index contributed by atoms with van der Waals surface area (Å²) in [7, 11) is 0. The van der Waals surface area contributed by atoms with Crippen molar-refractivity contribution in [3.05, 3.63) is 0 Å². The van der Waals surface area contributed by atoms with E-state index in [2.05, 4.69) is 5.32 Å². The lowest BCUT2D eigenvalue weighted by molar-refractivity contribution is -0.138. The number of carboxylic acid groups (broad SMARTS) is 1. The second-order valence-corrected chi connectivity index (χ2v) is 4.50. The molecule has 0 bridgehead atoms. The molecule has 0 aliphatic carbocycles. The predicted molar refractivity (Wildman–Crippen MR) is 65.3 cm³/mol. The van der Waals surface area contributed by atoms with Crippen LogP contribution in [0, 0.1) is 5.92 Å². The lowest BCUT2D eigenvalue weighted by atomic mass is 10.0. The minimum Gasteiger partial charge on any atom is -0.480 e. The summed E-state index contributed by atoms with van der Waals surface area (Å²) in [4.78, 5) is 21.9. The molecular formula is C11H23N3O3. The van der Waals surface area contributed by atoms with Gasteiger partial charge in [-0.1, -0.05) is 13.8 Å². The van der Waals surface area contributed by atoms with Crippen molar-refractivity contribution in [3.63, 3.8) is 0 Å². The number of carbonyl (C=O) groups excluding carboxylic acids is 1. The lowest BCUT2D eigenvalue weighted by Crippen LogP contribution is -2.44. The van der Waals surface area contributed by atoms with Gasteiger partial charge < -0.3 is 21.9 Å². The van der Waals surface area contributed by atoms with Crippen molar-refractivity contribution >= 4 is 11.9 Å². The number of rotatable bonds is 8. The van der Waals surface area contributed by atoms with E-state index in [1.807, 2.05) is 13.8 Å². The maximum atomic E-state index is 11.4. The molecule has 1 amide bonds. The van der Waals surface area contributed by atoms with Crippen molar-refractivity contribution in [3.8, 4) is 0 Å². The Hall–Kier alpha value is -1.14. The van der Waals surface area contributed by atoms with Gasteiger partial charge in [-0.2, -0.15) is 0 Å². The second-order valence-electron chi connectivity index (χ2n) is 4.50. The van der Waals surface area contributed by atoms with Crippen LogP contribution in [0.3, 0.4) is 0 Å². The topological polar surface area (TPSA) is 118 Å². The first-order valence-electron chi connectivity index (χ1n) is 5.88. The molecule has 17 heavy (non-hydrogen) atoms. The fourth-order valence-electron chi connectivity index (χ4n) is 1.24. The SMILES string of the molecule is CC(C)[C@H](N)C(=O)NCCCC[C@H](N)C(=O)O. The van der Waals surface area contributed by atoms with E-state index in [1.54, 1.807) is 0 Å². The first-order valence-corrected chi connectivity index (χ1v) is 5.88. The number of unbranched alkanes of at least 4 members (excludes halogenated alkanes) is 1. The summed E-state index contributed by atoms with van der Waals surface area (Å²) >= 11 is 0. The highest BCUT2D eigenvalue weighted by Crippen LogP contribution is 2.00. The maximum absolute atomic E-state index is 11.4. The molecule has 0 saturated carbocycles. The average Bonchev–Trinajstić information content (AvgIpc) is 2.26. The van der Waals surface area contributed by atoms with E-state index in [9.17, 15) is 9.59 Å². The normalized spacial score (nSPS) is 14.4. The Morgan fingerprint density at radius 2 is 1.82 bits per heavy atom. The van der Waals surface area contributed by atoms with Crippen LogP contribution in [0.25, 0.3) is 0 Å². The van der Waals surface area contributed by atoms with Crippen LogP contribution in [0.15, 0.2) is 0 Å². The monoisotopic (exact) mass is 245 g/mol. The third-order valence-corrected chi connectivity index (χ3v) is 2.58. The third kappa shape index (κ3) is 6.91. The largest absolute Gasteiger partial charge is 0.480 e. The van der Waals surface area contributed by atoms with E-state index in [4.69, 9.17) is 16.6 Å². The minimum atomic E-state index is -0.990. The van der Waals surface area contributed by atoms with Crippen molar-refractivity contribution in [1.82, 2.24) is 5.32 Å². The molecule has 2 atom stereocenters. The van der Waals surface area contributed by atoms with Crippen LogP contribution in [0.2, 0.25) is 0 Å². The summed E-state index contributed by atoms with van der Waals surface area (Å²) in [5, 5.41) is 11.3. The first kappa shape index (κ1) is 15.9. The fourth-order valence-corrected chi connectivity index (χ4v) is 1.24. The first-order chi connectivity index (χ1) is 7.86. The molecule has 0 aromatic rings. The Balaban J connectivity index is 3.59. The zero-order valence-corrected chi connectivity index (χ0v) is 10.5. The molecule has 0 heterocycles. The number of nitrogens with two attached hydrogens (primary N) is 2. The molecule has 100 valence electrons. The molecule has 0 spiro atoms. The smallest absolute Gasteiger partial charge is 0.320 e. The van der Waals surface area contributed by atoms with Gasteiger partial charge in [0.1, 0.15) is 6.04 Å². The highest BCUT2D eigenvalue weighted by molar-refractivity contribution is 5.81. The van der Waals surface area contributed by atoms with Crippen molar-refractivity contribution in [2.75, 3.05) is 6.54 Å². The molecule has 0 aromatic heterocycles. The summed E-state index contributed by atoms with van der Waals surface area (Å²) < 4.78 is 0. The van der Waals surface area contributed by atoms with Crippen molar-refractivity contribution in [1.29, 1.82) is 0 Å². The summed E-state index contributed by atoms with van der Waals surface area (Å²) in [6.45, 7) is 4.28. The number of carboxylic acids is 1. The van der Waals surface area contributed by atoms with Crippen LogP contribution in [0.1, 0.15) is 33.1 Å². The van der Waals surface area contributed by atoms with Crippen LogP contribution in [-0.4, -0.2) is 35.6 Å². The quantitative estimate of drug-likeness (QED) is 0.437. The van der Waals surface area contributed by atoms with Crippen LogP contribution < -0.4 is 16.8 Å². The van der Waals surface area contributed by atoms with E-state index < -0.39 is 18.1 Å². The summed E-state index contributed by atoms with van der Waals surface area (Å²) in [6.07, 6.45) is 1.80. The minimum absolute atomic E-state index is 0.107. The molecule has 0 aliphatic rings. The third-order valence-electron chi connectivity index (χ3n) is 2.58. The molecule has 0 rings (SSSR count). The summed E-state index contributed by atoms with van der Waals surface area (Å²) in [6, 6.07) is -1.31. The van der Waals surface area contributed by atoms with E-state index >= 15 is 0 Å². The molecular weight excluding hydrogens is 222 g/mol. The molecule has 0 aliphatic heterocycles. The van der Waals surface area contributed by atoms with Gasteiger partial charge in [-0.15, -0.1) is 0 Å². The number of nitrogens with one attached hydrogen (secondary N) is 1. The summed E-state index contributed by atoms with van der Waals surface area (Å²) in [5.74, 6) is -1.05. The van der Waals surface area contributed by atoms with Gasteiger partial charge >= 0.3 is 5.97 Å². The number of hydrogen-bond donors (Lipinski definition) is 4. The van der Waals surface area contributed by atoms with Gasteiger partial charge in [0.15, 0.2) is 0 Å². The van der Waals surface area contributed by atoms with E-state index in [1.165, 1.54) is 0 Å². The van der Waals surface area contributed by atoms with Crippen LogP contribution >= 0.6 is 0 Å². The molecule has 6 N–H and O–H groups in total. The van der Waals surface area contributed by atoms with Crippen molar-refractivity contribution in [2.24, 2.45) is 17.4 Å². The van der Waals surface area contributed by atoms with Gasteiger partial charge in [-0.25, -0.2) is 0 Å². The van der Waals surface area contributed by atoms with Gasteiger partial charge in [-0.3, -0.25) is 9.59 Å². The Bertz CT molecular complexity index is 256. The predicted octanol–water partition coefficient (Wildman–Crippen LogP) is -0.332. The Morgan fingerprint density at radius 3 is 2.29 bits per heavy atom. The van der Waals surface area contributed by atoms with E-state index in [-0.39, 0.29) is 11.8 Å². The molecule has 0 radical (unpaired) electrons. The van der Waals surface area contributed by atoms with Gasteiger partial charge in [0.25, 0.3) is 0 Å². The average molecular weight is 245 g/mol. The van der Waals surface area contributed by atoms with E-state index in [0.717, 1.165) is 0 Å². The fraction of sp³-hybridized carbons (Fsp3) is 0.818. The molecule has 0 unspecified atom stereocenters. The molecule has 0 aromatic carbocycles. The standard InChI is InChI=1S/C11H23N3O3/c1-7(2)9(13)10(15)14-6-4-3-5-8(12)11(16)17/h7-9H,3-6,12-13H2,1-2H3,(H,14,15)(H,16,17)/t8-,9-/m0/s1.